The highest BCUT2D eigenvalue weighted by atomic mass is 19.4. The van der Waals surface area contributed by atoms with E-state index in [4.69, 9.17) is 9.84 Å². The highest BCUT2D eigenvalue weighted by molar-refractivity contribution is 5.85. The van der Waals surface area contributed by atoms with Crippen molar-refractivity contribution in [3.8, 4) is 11.5 Å². The fraction of sp³-hybridized carbons (Fsp3) is 0.0625. The Balaban J connectivity index is 2.30. The van der Waals surface area contributed by atoms with Crippen LogP contribution in [0.2, 0.25) is 0 Å². The van der Waals surface area contributed by atoms with Gasteiger partial charge in [0.25, 0.3) is 0 Å². The summed E-state index contributed by atoms with van der Waals surface area (Å²) in [7, 11) is 0. The summed E-state index contributed by atoms with van der Waals surface area (Å²) in [6, 6.07) is 10.9. The summed E-state index contributed by atoms with van der Waals surface area (Å²) >= 11 is 0. The Bertz CT molecular complexity index is 706. The first kappa shape index (κ1) is 15.6. The van der Waals surface area contributed by atoms with E-state index in [1.54, 1.807) is 24.3 Å². The molecular formula is C16H11F3O3. The highest BCUT2D eigenvalue weighted by Crippen LogP contribution is 2.33. The number of halogens is 3. The number of carbonyl (C=O) groups is 1. The number of carboxylic acids is 1. The smallest absolute Gasteiger partial charge is 0.416 e. The zero-order chi connectivity index (χ0) is 16.2. The molecule has 0 atom stereocenters. The summed E-state index contributed by atoms with van der Waals surface area (Å²) in [5.74, 6) is -0.848. The molecule has 0 aliphatic rings. The van der Waals surface area contributed by atoms with Crippen molar-refractivity contribution in [3.63, 3.8) is 0 Å². The van der Waals surface area contributed by atoms with Crippen LogP contribution in [0.1, 0.15) is 11.1 Å². The Labute approximate surface area is 124 Å². The van der Waals surface area contributed by atoms with Gasteiger partial charge in [-0.1, -0.05) is 24.3 Å². The predicted octanol–water partition coefficient (Wildman–Crippen LogP) is 4.60. The van der Waals surface area contributed by atoms with Gasteiger partial charge in [-0.05, 0) is 30.3 Å². The average Bonchev–Trinajstić information content (AvgIpc) is 2.46. The van der Waals surface area contributed by atoms with Gasteiger partial charge in [-0.15, -0.1) is 0 Å². The number of rotatable bonds is 4. The van der Waals surface area contributed by atoms with Gasteiger partial charge in [0.2, 0.25) is 0 Å². The highest BCUT2D eigenvalue weighted by Gasteiger charge is 2.30. The molecule has 0 saturated carbocycles. The molecule has 0 aromatic heterocycles. The van der Waals surface area contributed by atoms with Crippen molar-refractivity contribution in [1.82, 2.24) is 0 Å². The Morgan fingerprint density at radius 3 is 2.50 bits per heavy atom. The topological polar surface area (TPSA) is 46.5 Å². The molecule has 114 valence electrons. The van der Waals surface area contributed by atoms with Gasteiger partial charge in [0.05, 0.1) is 5.56 Å². The molecule has 2 aromatic rings. The maximum absolute atomic E-state index is 12.7. The third kappa shape index (κ3) is 4.12. The lowest BCUT2D eigenvalue weighted by Gasteiger charge is -2.11. The molecule has 0 radical (unpaired) electrons. The van der Waals surface area contributed by atoms with Crippen molar-refractivity contribution in [2.45, 2.75) is 6.18 Å². The average molecular weight is 308 g/mol. The summed E-state index contributed by atoms with van der Waals surface area (Å²) in [6.45, 7) is 0. The second-order valence-corrected chi connectivity index (χ2v) is 4.34. The maximum atomic E-state index is 12.7. The van der Waals surface area contributed by atoms with Gasteiger partial charge in [-0.3, -0.25) is 0 Å². The fourth-order valence-electron chi connectivity index (χ4n) is 1.74. The van der Waals surface area contributed by atoms with Crippen LogP contribution in [0.4, 0.5) is 13.2 Å². The van der Waals surface area contributed by atoms with Gasteiger partial charge in [0, 0.05) is 11.6 Å². The number of alkyl halides is 3. The maximum Gasteiger partial charge on any atom is 0.416 e. The largest absolute Gasteiger partial charge is 0.478 e. The Kier molecular flexibility index (Phi) is 4.50. The third-order valence-corrected chi connectivity index (χ3v) is 2.71. The number of hydrogen-bond acceptors (Lipinski definition) is 2. The van der Waals surface area contributed by atoms with Gasteiger partial charge >= 0.3 is 12.1 Å². The van der Waals surface area contributed by atoms with Crippen LogP contribution in [0.3, 0.4) is 0 Å². The van der Waals surface area contributed by atoms with Crippen molar-refractivity contribution >= 4 is 12.0 Å². The second kappa shape index (κ2) is 6.34. The molecule has 0 saturated heterocycles. The van der Waals surface area contributed by atoms with Crippen LogP contribution < -0.4 is 4.74 Å². The molecule has 0 spiro atoms. The van der Waals surface area contributed by atoms with Gasteiger partial charge in [0.1, 0.15) is 11.5 Å². The molecule has 1 N–H and O–H groups in total. The van der Waals surface area contributed by atoms with Crippen LogP contribution in [0, 0.1) is 0 Å². The SMILES string of the molecule is O=C(O)/C=C\c1ccccc1Oc1cccc(C(F)(F)F)c1. The van der Waals surface area contributed by atoms with Crippen molar-refractivity contribution < 1.29 is 27.8 Å². The lowest BCUT2D eigenvalue weighted by molar-refractivity contribution is -0.137. The van der Waals surface area contributed by atoms with Gasteiger partial charge < -0.3 is 9.84 Å². The molecule has 3 nitrogen and oxygen atoms in total. The van der Waals surface area contributed by atoms with E-state index >= 15 is 0 Å². The van der Waals surface area contributed by atoms with Crippen LogP contribution in [-0.2, 0) is 11.0 Å². The van der Waals surface area contributed by atoms with Crippen molar-refractivity contribution in [2.75, 3.05) is 0 Å². The van der Waals surface area contributed by atoms with Gasteiger partial charge in [0.15, 0.2) is 0 Å². The van der Waals surface area contributed by atoms with Gasteiger partial charge in [-0.25, -0.2) is 4.79 Å². The number of benzene rings is 2. The quantitative estimate of drug-likeness (QED) is 0.840. The van der Waals surface area contributed by atoms with Gasteiger partial charge in [-0.2, -0.15) is 13.2 Å². The molecule has 2 rings (SSSR count). The molecular weight excluding hydrogens is 297 g/mol. The standard InChI is InChI=1S/C16H11F3O3/c17-16(18,19)12-5-3-6-13(10-12)22-14-7-2-1-4-11(14)8-9-15(20)21/h1-10H,(H,20,21)/b9-8-. The monoisotopic (exact) mass is 308 g/mol. The molecule has 0 unspecified atom stereocenters. The first-order valence-electron chi connectivity index (χ1n) is 6.21. The molecule has 0 aliphatic heterocycles. The Morgan fingerprint density at radius 2 is 1.82 bits per heavy atom. The van der Waals surface area contributed by atoms with Crippen LogP contribution in [-0.4, -0.2) is 11.1 Å². The Hall–Kier alpha value is -2.76. The first-order valence-corrected chi connectivity index (χ1v) is 6.21. The number of hydrogen-bond donors (Lipinski definition) is 1. The minimum atomic E-state index is -4.46. The van der Waals surface area contributed by atoms with Crippen molar-refractivity contribution in [3.05, 3.63) is 65.7 Å². The summed E-state index contributed by atoms with van der Waals surface area (Å²) in [4.78, 5) is 10.5. The minimum Gasteiger partial charge on any atom is -0.478 e. The lowest BCUT2D eigenvalue weighted by Crippen LogP contribution is -2.04. The first-order chi connectivity index (χ1) is 10.4. The number of ether oxygens (including phenoxy) is 1. The fourth-order valence-corrected chi connectivity index (χ4v) is 1.74. The van der Waals surface area contributed by atoms with Crippen LogP contribution in [0.5, 0.6) is 11.5 Å². The summed E-state index contributed by atoms with van der Waals surface area (Å²) < 4.78 is 43.4. The van der Waals surface area contributed by atoms with E-state index in [1.807, 2.05) is 0 Å². The Morgan fingerprint density at radius 1 is 1.09 bits per heavy atom. The van der Waals surface area contributed by atoms with E-state index in [1.165, 1.54) is 18.2 Å². The summed E-state index contributed by atoms with van der Waals surface area (Å²) in [5.41, 5.74) is -0.370. The van der Waals surface area contributed by atoms with Crippen LogP contribution in [0.25, 0.3) is 6.08 Å². The third-order valence-electron chi connectivity index (χ3n) is 2.71. The lowest BCUT2D eigenvalue weighted by atomic mass is 10.1. The van der Waals surface area contributed by atoms with Crippen molar-refractivity contribution in [2.24, 2.45) is 0 Å². The predicted molar refractivity (Wildman–Crippen MR) is 74.6 cm³/mol. The van der Waals surface area contributed by atoms with E-state index in [-0.39, 0.29) is 11.5 Å². The molecule has 0 fully saturated rings. The number of aliphatic carboxylic acids is 1. The summed E-state index contributed by atoms with van der Waals surface area (Å²) in [6.07, 6.45) is -2.22. The zero-order valence-electron chi connectivity index (χ0n) is 11.2. The molecule has 22 heavy (non-hydrogen) atoms. The zero-order valence-corrected chi connectivity index (χ0v) is 11.2. The van der Waals surface area contributed by atoms with Crippen LogP contribution >= 0.6 is 0 Å². The van der Waals surface area contributed by atoms with E-state index in [9.17, 15) is 18.0 Å². The normalized spacial score (nSPS) is 11.6. The van der Waals surface area contributed by atoms with Crippen LogP contribution in [0.15, 0.2) is 54.6 Å². The van der Waals surface area contributed by atoms with E-state index in [0.717, 1.165) is 18.2 Å². The molecule has 2 aromatic carbocycles. The summed E-state index contributed by atoms with van der Waals surface area (Å²) in [5, 5.41) is 8.63. The molecule has 0 aliphatic carbocycles. The van der Waals surface area contributed by atoms with E-state index < -0.39 is 17.7 Å². The number of para-hydroxylation sites is 1. The molecule has 6 heteroatoms. The molecule has 0 heterocycles. The van der Waals surface area contributed by atoms with E-state index in [0.29, 0.717) is 5.56 Å². The number of carboxylic acid groups (broad SMARTS) is 1. The molecule has 0 amide bonds. The molecule has 0 bridgehead atoms. The van der Waals surface area contributed by atoms with Crippen molar-refractivity contribution in [1.29, 1.82) is 0 Å². The van der Waals surface area contributed by atoms with E-state index in [2.05, 4.69) is 0 Å². The minimum absolute atomic E-state index is 0.0194. The second-order valence-electron chi connectivity index (χ2n) is 4.34.